The predicted molar refractivity (Wildman–Crippen MR) is 114 cm³/mol. The monoisotopic (exact) mass is 417 g/mol. The molecule has 0 fully saturated rings. The number of rotatable bonds is 7. The Morgan fingerprint density at radius 3 is 2.58 bits per heavy atom. The Balaban J connectivity index is 1.66. The van der Waals surface area contributed by atoms with Gasteiger partial charge in [0, 0.05) is 13.6 Å². The van der Waals surface area contributed by atoms with Gasteiger partial charge in [-0.1, -0.05) is 36.4 Å². The van der Waals surface area contributed by atoms with Crippen LogP contribution in [0.15, 0.2) is 72.8 Å². The molecule has 1 N–H and O–H groups in total. The van der Waals surface area contributed by atoms with E-state index in [1.807, 2.05) is 6.07 Å². The third-order valence-electron chi connectivity index (χ3n) is 4.45. The molecule has 0 atom stereocenters. The molecule has 3 aromatic carbocycles. The van der Waals surface area contributed by atoms with Crippen molar-refractivity contribution < 1.29 is 18.7 Å². The van der Waals surface area contributed by atoms with Crippen LogP contribution in [0, 0.1) is 17.1 Å². The van der Waals surface area contributed by atoms with Crippen LogP contribution in [0.2, 0.25) is 0 Å². The molecule has 0 heterocycles. The molecule has 0 saturated carbocycles. The van der Waals surface area contributed by atoms with E-state index in [0.29, 0.717) is 17.7 Å². The number of nitriles is 1. The standard InChI is InChI=1S/C24H20FN3O3/c1-28(15-18-8-6-7-17(13-18)14-26)24(30)19-9-2-5-12-22(19)31-16-23(29)27-21-11-4-3-10-20(21)25/h2-13H,15-16H2,1H3,(H,27,29). The van der Waals surface area contributed by atoms with E-state index in [2.05, 4.69) is 11.4 Å². The van der Waals surface area contributed by atoms with E-state index in [9.17, 15) is 14.0 Å². The normalized spacial score (nSPS) is 10.1. The quantitative estimate of drug-likeness (QED) is 0.630. The summed E-state index contributed by atoms with van der Waals surface area (Å²) in [7, 11) is 1.64. The lowest BCUT2D eigenvalue weighted by atomic mass is 10.1. The van der Waals surface area contributed by atoms with Crippen LogP contribution in [0.4, 0.5) is 10.1 Å². The summed E-state index contributed by atoms with van der Waals surface area (Å²) in [6.07, 6.45) is 0. The van der Waals surface area contributed by atoms with Crippen LogP contribution in [-0.2, 0) is 11.3 Å². The molecular weight excluding hydrogens is 397 g/mol. The second-order valence-electron chi connectivity index (χ2n) is 6.79. The first-order valence-corrected chi connectivity index (χ1v) is 9.48. The van der Waals surface area contributed by atoms with Crippen molar-refractivity contribution in [2.45, 2.75) is 6.54 Å². The van der Waals surface area contributed by atoms with E-state index in [-0.39, 0.29) is 24.0 Å². The molecule has 3 rings (SSSR count). The molecule has 31 heavy (non-hydrogen) atoms. The van der Waals surface area contributed by atoms with Gasteiger partial charge < -0.3 is 15.0 Å². The van der Waals surface area contributed by atoms with Gasteiger partial charge in [-0.2, -0.15) is 5.26 Å². The summed E-state index contributed by atoms with van der Waals surface area (Å²) < 4.78 is 19.2. The lowest BCUT2D eigenvalue weighted by molar-refractivity contribution is -0.118. The fraction of sp³-hybridized carbons (Fsp3) is 0.125. The molecule has 0 aromatic heterocycles. The summed E-state index contributed by atoms with van der Waals surface area (Å²) in [6, 6.07) is 21.5. The number of hydrogen-bond acceptors (Lipinski definition) is 4. The van der Waals surface area contributed by atoms with Crippen molar-refractivity contribution in [3.63, 3.8) is 0 Å². The van der Waals surface area contributed by atoms with Gasteiger partial charge in [-0.3, -0.25) is 9.59 Å². The summed E-state index contributed by atoms with van der Waals surface area (Å²) >= 11 is 0. The molecule has 0 radical (unpaired) electrons. The van der Waals surface area contributed by atoms with E-state index in [1.54, 1.807) is 55.6 Å². The van der Waals surface area contributed by atoms with Crippen LogP contribution in [0.3, 0.4) is 0 Å². The molecule has 0 spiro atoms. The Kier molecular flexibility index (Phi) is 6.97. The number of carbonyl (C=O) groups is 2. The largest absolute Gasteiger partial charge is 0.483 e. The number of carbonyl (C=O) groups excluding carboxylic acids is 2. The van der Waals surface area contributed by atoms with Crippen LogP contribution in [0.1, 0.15) is 21.5 Å². The van der Waals surface area contributed by atoms with E-state index < -0.39 is 11.7 Å². The number of halogens is 1. The molecule has 0 saturated heterocycles. The number of hydrogen-bond donors (Lipinski definition) is 1. The van der Waals surface area contributed by atoms with Crippen molar-refractivity contribution >= 4 is 17.5 Å². The van der Waals surface area contributed by atoms with Gasteiger partial charge in [0.1, 0.15) is 11.6 Å². The van der Waals surface area contributed by atoms with Crippen LogP contribution >= 0.6 is 0 Å². The van der Waals surface area contributed by atoms with Gasteiger partial charge in [0.15, 0.2) is 6.61 Å². The molecule has 0 unspecified atom stereocenters. The van der Waals surface area contributed by atoms with Gasteiger partial charge in [0.25, 0.3) is 11.8 Å². The van der Waals surface area contributed by atoms with Gasteiger partial charge in [-0.05, 0) is 42.0 Å². The number of ether oxygens (including phenoxy) is 1. The minimum Gasteiger partial charge on any atom is -0.483 e. The maximum Gasteiger partial charge on any atom is 0.262 e. The molecule has 0 aliphatic carbocycles. The van der Waals surface area contributed by atoms with Crippen molar-refractivity contribution in [1.29, 1.82) is 5.26 Å². The second kappa shape index (κ2) is 10.0. The first kappa shape index (κ1) is 21.5. The molecule has 7 heteroatoms. The number of anilines is 1. The third kappa shape index (κ3) is 5.67. The summed E-state index contributed by atoms with van der Waals surface area (Å²) in [6.45, 7) is -0.0803. The summed E-state index contributed by atoms with van der Waals surface area (Å²) in [4.78, 5) is 26.6. The Morgan fingerprint density at radius 2 is 1.81 bits per heavy atom. The smallest absolute Gasteiger partial charge is 0.262 e. The van der Waals surface area contributed by atoms with Crippen LogP contribution in [0.25, 0.3) is 0 Å². The number of nitrogens with zero attached hydrogens (tertiary/aromatic N) is 2. The maximum absolute atomic E-state index is 13.7. The van der Waals surface area contributed by atoms with Crippen LogP contribution < -0.4 is 10.1 Å². The average Bonchev–Trinajstić information content (AvgIpc) is 2.79. The van der Waals surface area contributed by atoms with E-state index in [4.69, 9.17) is 10.00 Å². The zero-order valence-corrected chi connectivity index (χ0v) is 16.8. The summed E-state index contributed by atoms with van der Waals surface area (Å²) in [5, 5.41) is 11.5. The van der Waals surface area contributed by atoms with E-state index in [1.165, 1.54) is 23.1 Å². The fourth-order valence-electron chi connectivity index (χ4n) is 2.95. The topological polar surface area (TPSA) is 82.4 Å². The number of amides is 2. The van der Waals surface area contributed by atoms with E-state index >= 15 is 0 Å². The highest BCUT2D eigenvalue weighted by atomic mass is 19.1. The minimum atomic E-state index is -0.548. The van der Waals surface area contributed by atoms with Gasteiger partial charge in [0.2, 0.25) is 0 Å². The number of para-hydroxylation sites is 2. The second-order valence-corrected chi connectivity index (χ2v) is 6.79. The van der Waals surface area contributed by atoms with Crippen LogP contribution in [-0.4, -0.2) is 30.4 Å². The zero-order valence-electron chi connectivity index (χ0n) is 16.8. The molecule has 156 valence electrons. The predicted octanol–water partition coefficient (Wildman–Crippen LogP) is 3.99. The molecule has 0 aliphatic heterocycles. The van der Waals surface area contributed by atoms with Crippen molar-refractivity contribution in [3.05, 3.63) is 95.3 Å². The Bertz CT molecular complexity index is 1140. The van der Waals surface area contributed by atoms with Crippen molar-refractivity contribution in [1.82, 2.24) is 4.90 Å². The molecule has 6 nitrogen and oxygen atoms in total. The van der Waals surface area contributed by atoms with Gasteiger partial charge in [0.05, 0.1) is 22.9 Å². The number of nitrogens with one attached hydrogen (secondary N) is 1. The fourth-order valence-corrected chi connectivity index (χ4v) is 2.95. The maximum atomic E-state index is 13.7. The third-order valence-corrected chi connectivity index (χ3v) is 4.45. The Morgan fingerprint density at radius 1 is 1.06 bits per heavy atom. The molecule has 0 bridgehead atoms. The summed E-state index contributed by atoms with van der Waals surface area (Å²) in [5.41, 5.74) is 1.68. The van der Waals surface area contributed by atoms with E-state index in [0.717, 1.165) is 5.56 Å². The van der Waals surface area contributed by atoms with Crippen molar-refractivity contribution in [2.75, 3.05) is 19.0 Å². The Labute approximate surface area is 179 Å². The molecule has 2 amide bonds. The van der Waals surface area contributed by atoms with Crippen LogP contribution in [0.5, 0.6) is 5.75 Å². The highest BCUT2D eigenvalue weighted by Crippen LogP contribution is 2.21. The first-order chi connectivity index (χ1) is 15.0. The van der Waals surface area contributed by atoms with Crippen molar-refractivity contribution in [3.8, 4) is 11.8 Å². The molecule has 3 aromatic rings. The van der Waals surface area contributed by atoms with Crippen molar-refractivity contribution in [2.24, 2.45) is 0 Å². The highest BCUT2D eigenvalue weighted by molar-refractivity contribution is 5.97. The zero-order chi connectivity index (χ0) is 22.2. The average molecular weight is 417 g/mol. The lowest BCUT2D eigenvalue weighted by Crippen LogP contribution is -2.27. The number of benzene rings is 3. The highest BCUT2D eigenvalue weighted by Gasteiger charge is 2.18. The summed E-state index contributed by atoms with van der Waals surface area (Å²) in [5.74, 6) is -1.15. The molecule has 0 aliphatic rings. The lowest BCUT2D eigenvalue weighted by Gasteiger charge is -2.19. The van der Waals surface area contributed by atoms with Gasteiger partial charge >= 0.3 is 0 Å². The minimum absolute atomic E-state index is 0.0554. The molecular formula is C24H20FN3O3. The first-order valence-electron chi connectivity index (χ1n) is 9.48. The SMILES string of the molecule is CN(Cc1cccc(C#N)c1)C(=O)c1ccccc1OCC(=O)Nc1ccccc1F. The van der Waals surface area contributed by atoms with Gasteiger partial charge in [-0.15, -0.1) is 0 Å². The Hall–Kier alpha value is -4.18. The van der Waals surface area contributed by atoms with Gasteiger partial charge in [-0.25, -0.2) is 4.39 Å².